The van der Waals surface area contributed by atoms with Crippen molar-refractivity contribution in [3.05, 3.63) is 24.3 Å². The van der Waals surface area contributed by atoms with E-state index in [9.17, 15) is 8.42 Å². The zero-order valence-corrected chi connectivity index (χ0v) is 13.1. The number of nitrogens with zero attached hydrogens (tertiary/aromatic N) is 1. The average Bonchev–Trinajstić information content (AvgIpc) is 2.47. The summed E-state index contributed by atoms with van der Waals surface area (Å²) in [6.45, 7) is 4.08. The van der Waals surface area contributed by atoms with Crippen molar-refractivity contribution in [2.24, 2.45) is 0 Å². The summed E-state index contributed by atoms with van der Waals surface area (Å²) in [6.07, 6.45) is 3.14. The first-order chi connectivity index (χ1) is 8.96. The Labute approximate surface area is 120 Å². The van der Waals surface area contributed by atoms with Gasteiger partial charge in [0.25, 0.3) is 0 Å². The molecule has 0 bridgehead atoms. The lowest BCUT2D eigenvalue weighted by Crippen LogP contribution is -2.27. The quantitative estimate of drug-likeness (QED) is 0.857. The average molecular weight is 299 g/mol. The number of anilines is 1. The lowest BCUT2D eigenvalue weighted by Gasteiger charge is -2.24. The summed E-state index contributed by atoms with van der Waals surface area (Å²) >= 11 is 1.92. The van der Waals surface area contributed by atoms with Crippen molar-refractivity contribution in [3.63, 3.8) is 0 Å². The van der Waals surface area contributed by atoms with Crippen molar-refractivity contribution in [1.82, 2.24) is 0 Å². The van der Waals surface area contributed by atoms with Gasteiger partial charge in [-0.05, 0) is 25.0 Å². The molecule has 0 aromatic heterocycles. The van der Waals surface area contributed by atoms with Crippen LogP contribution in [-0.2, 0) is 9.84 Å². The minimum absolute atomic E-state index is 0.272. The van der Waals surface area contributed by atoms with Gasteiger partial charge in [0.15, 0.2) is 0 Å². The van der Waals surface area contributed by atoms with Crippen molar-refractivity contribution < 1.29 is 8.42 Å². The van der Waals surface area contributed by atoms with E-state index in [2.05, 4.69) is 36.1 Å². The number of thioether (sulfide) groups is 1. The fraction of sp³-hybridized carbons (Fsp3) is 0.571. The molecule has 0 aliphatic carbocycles. The third kappa shape index (κ3) is 4.42. The van der Waals surface area contributed by atoms with E-state index < -0.39 is 9.84 Å². The molecule has 5 heteroatoms. The van der Waals surface area contributed by atoms with E-state index >= 15 is 0 Å². The molecule has 0 N–H and O–H groups in total. The van der Waals surface area contributed by atoms with E-state index in [4.69, 9.17) is 0 Å². The molecule has 1 aliphatic heterocycles. The van der Waals surface area contributed by atoms with Gasteiger partial charge in [-0.1, -0.05) is 19.1 Å². The summed E-state index contributed by atoms with van der Waals surface area (Å²) in [7, 11) is -2.85. The third-order valence-electron chi connectivity index (χ3n) is 3.28. The van der Waals surface area contributed by atoms with E-state index in [-0.39, 0.29) is 5.75 Å². The Hall–Kier alpha value is -0.680. The molecule has 1 aromatic rings. The van der Waals surface area contributed by atoms with Crippen molar-refractivity contribution in [3.8, 4) is 0 Å². The van der Waals surface area contributed by atoms with Crippen molar-refractivity contribution >= 4 is 27.3 Å². The molecule has 0 amide bonds. The summed E-state index contributed by atoms with van der Waals surface area (Å²) in [5.74, 6) is 0.272. The number of sulfone groups is 1. The number of para-hydroxylation sites is 1. The molecule has 0 unspecified atom stereocenters. The molecule has 1 aliphatic rings. The van der Waals surface area contributed by atoms with Gasteiger partial charge in [0.05, 0.1) is 11.4 Å². The van der Waals surface area contributed by atoms with Crippen molar-refractivity contribution in [2.75, 3.05) is 30.0 Å². The minimum atomic E-state index is -2.85. The van der Waals surface area contributed by atoms with E-state index in [0.717, 1.165) is 19.5 Å². The highest BCUT2D eigenvalue weighted by atomic mass is 32.2. The van der Waals surface area contributed by atoms with E-state index in [0.29, 0.717) is 11.7 Å². The summed E-state index contributed by atoms with van der Waals surface area (Å²) in [5, 5.41) is 0.612. The van der Waals surface area contributed by atoms with Crippen LogP contribution < -0.4 is 4.90 Å². The fourth-order valence-electron chi connectivity index (χ4n) is 2.30. The molecule has 19 heavy (non-hydrogen) atoms. The predicted molar refractivity (Wildman–Crippen MR) is 82.9 cm³/mol. The van der Waals surface area contributed by atoms with Crippen LogP contribution in [0.15, 0.2) is 29.2 Å². The van der Waals surface area contributed by atoms with E-state index in [1.165, 1.54) is 16.8 Å². The van der Waals surface area contributed by atoms with Crippen LogP contribution >= 0.6 is 11.8 Å². The van der Waals surface area contributed by atoms with Crippen LogP contribution in [0, 0.1) is 0 Å². The van der Waals surface area contributed by atoms with Gasteiger partial charge in [-0.25, -0.2) is 8.42 Å². The third-order valence-corrected chi connectivity index (χ3v) is 5.55. The maximum Gasteiger partial charge on any atom is 0.147 e. The molecule has 0 fully saturated rings. The Balaban J connectivity index is 2.08. The number of rotatable bonds is 4. The van der Waals surface area contributed by atoms with Crippen LogP contribution in [0.1, 0.15) is 19.8 Å². The van der Waals surface area contributed by atoms with Crippen LogP contribution in [-0.4, -0.2) is 38.8 Å². The van der Waals surface area contributed by atoms with Crippen LogP contribution in [0.25, 0.3) is 0 Å². The van der Waals surface area contributed by atoms with Gasteiger partial charge in [-0.3, -0.25) is 0 Å². The predicted octanol–water partition coefficient (Wildman–Crippen LogP) is 2.81. The van der Waals surface area contributed by atoms with Gasteiger partial charge in [0.1, 0.15) is 9.84 Å². The molecule has 1 heterocycles. The van der Waals surface area contributed by atoms with Crippen LogP contribution in [0.5, 0.6) is 0 Å². The highest BCUT2D eigenvalue weighted by Gasteiger charge is 2.19. The Bertz CT molecular complexity index is 528. The second-order valence-corrected chi connectivity index (χ2v) is 8.90. The number of hydrogen-bond acceptors (Lipinski definition) is 4. The normalized spacial score (nSPS) is 19.9. The zero-order valence-electron chi connectivity index (χ0n) is 11.5. The van der Waals surface area contributed by atoms with E-state index in [1.54, 1.807) is 0 Å². The van der Waals surface area contributed by atoms with Gasteiger partial charge in [-0.2, -0.15) is 0 Å². The Morgan fingerprint density at radius 2 is 2.11 bits per heavy atom. The maximum atomic E-state index is 11.2. The Morgan fingerprint density at radius 1 is 1.37 bits per heavy atom. The molecule has 0 saturated carbocycles. The summed E-state index contributed by atoms with van der Waals surface area (Å²) in [4.78, 5) is 3.64. The highest BCUT2D eigenvalue weighted by molar-refractivity contribution is 8.00. The molecule has 0 spiro atoms. The van der Waals surface area contributed by atoms with E-state index in [1.807, 2.05) is 11.8 Å². The van der Waals surface area contributed by atoms with Crippen molar-refractivity contribution in [1.29, 1.82) is 0 Å². The largest absolute Gasteiger partial charge is 0.371 e. The van der Waals surface area contributed by atoms with Crippen LogP contribution in [0.4, 0.5) is 5.69 Å². The fourth-order valence-corrected chi connectivity index (χ4v) is 4.09. The number of benzene rings is 1. The van der Waals surface area contributed by atoms with Crippen LogP contribution in [0.3, 0.4) is 0 Å². The molecule has 1 atom stereocenters. The zero-order chi connectivity index (χ0) is 13.9. The molecule has 2 rings (SSSR count). The molecular weight excluding hydrogens is 278 g/mol. The summed E-state index contributed by atoms with van der Waals surface area (Å²) in [5.41, 5.74) is 1.25. The Morgan fingerprint density at radius 3 is 2.84 bits per heavy atom. The lowest BCUT2D eigenvalue weighted by molar-refractivity contribution is 0.597. The topological polar surface area (TPSA) is 37.4 Å². The highest BCUT2D eigenvalue weighted by Crippen LogP contribution is 2.37. The smallest absolute Gasteiger partial charge is 0.147 e. The molecule has 0 radical (unpaired) electrons. The molecule has 106 valence electrons. The molecule has 3 nitrogen and oxygen atoms in total. The first-order valence-electron chi connectivity index (χ1n) is 6.64. The summed E-state index contributed by atoms with van der Waals surface area (Å²) in [6, 6.07) is 8.42. The van der Waals surface area contributed by atoms with Gasteiger partial charge in [0.2, 0.25) is 0 Å². The van der Waals surface area contributed by atoms with Gasteiger partial charge < -0.3 is 4.90 Å². The van der Waals surface area contributed by atoms with Crippen molar-refractivity contribution in [2.45, 2.75) is 29.9 Å². The molecule has 1 aromatic carbocycles. The molecule has 0 saturated heterocycles. The molecular formula is C14H21NO2S2. The maximum absolute atomic E-state index is 11.2. The second kappa shape index (κ2) is 6.18. The second-order valence-electron chi connectivity index (χ2n) is 5.16. The minimum Gasteiger partial charge on any atom is -0.371 e. The van der Waals surface area contributed by atoms with Crippen LogP contribution in [0.2, 0.25) is 0 Å². The Kier molecular flexibility index (Phi) is 4.79. The lowest BCUT2D eigenvalue weighted by atomic mass is 10.2. The van der Waals surface area contributed by atoms with Gasteiger partial charge >= 0.3 is 0 Å². The summed E-state index contributed by atoms with van der Waals surface area (Å²) < 4.78 is 22.4. The number of hydrogen-bond donors (Lipinski definition) is 0. The standard InChI is InChI=1S/C14H21NO2S2/c1-12-8-10-15(9-5-11-19(2,16)17)13-6-3-4-7-14(13)18-12/h3-4,6-7,12H,5,8-11H2,1-2H3/t12-/m0/s1. The number of fused-ring (bicyclic) bond motifs is 1. The first kappa shape index (κ1) is 14.7. The SMILES string of the molecule is C[C@H]1CCN(CCCS(C)(=O)=O)c2ccccc2S1. The monoisotopic (exact) mass is 299 g/mol. The first-order valence-corrected chi connectivity index (χ1v) is 9.58. The van der Waals surface area contributed by atoms with Gasteiger partial charge in [-0.15, -0.1) is 11.8 Å². The van der Waals surface area contributed by atoms with Gasteiger partial charge in [0, 0.05) is 29.5 Å².